The number of carboxylic acid groups (broad SMARTS) is 1. The van der Waals surface area contributed by atoms with Crippen molar-refractivity contribution >= 4 is 16.3 Å². The quantitative estimate of drug-likeness (QED) is 0.458. The van der Waals surface area contributed by atoms with Gasteiger partial charge in [0.15, 0.2) is 5.35 Å². The number of rotatable bonds is 5. The minimum absolute atomic E-state index is 0.380. The van der Waals surface area contributed by atoms with Crippen molar-refractivity contribution in [3.8, 4) is 0 Å². The van der Waals surface area contributed by atoms with Crippen molar-refractivity contribution in [1.82, 2.24) is 5.32 Å². The minimum Gasteiger partial charge on any atom is -0.465 e. The zero-order valence-corrected chi connectivity index (χ0v) is 11.1. The van der Waals surface area contributed by atoms with Crippen LogP contribution >= 0.6 is 0 Å². The average Bonchev–Trinajstić information content (AvgIpc) is 2.15. The Hall–Kier alpha value is -0.633. The van der Waals surface area contributed by atoms with E-state index >= 15 is 0 Å². The summed E-state index contributed by atoms with van der Waals surface area (Å²) < 4.78 is 15.3. The first-order chi connectivity index (χ1) is 6.35. The van der Waals surface area contributed by atoms with Crippen LogP contribution in [0.2, 0.25) is 0 Å². The van der Waals surface area contributed by atoms with E-state index in [4.69, 9.17) is 19.3 Å². The number of methoxy groups -OCH3 is 3. The molecule has 0 radical (unpaired) electrons. The third-order valence-electron chi connectivity index (χ3n) is 2.40. The van der Waals surface area contributed by atoms with E-state index in [2.05, 4.69) is 5.32 Å². The molecule has 0 bridgehead atoms. The van der Waals surface area contributed by atoms with E-state index in [0.29, 0.717) is 10.2 Å². The highest BCUT2D eigenvalue weighted by atomic mass is 28.1. The van der Waals surface area contributed by atoms with Crippen LogP contribution in [-0.4, -0.2) is 53.9 Å². The number of amides is 1. The summed E-state index contributed by atoms with van der Waals surface area (Å²) in [6.07, 6.45) is -1.18. The second-order valence-corrected chi connectivity index (χ2v) is 4.43. The Labute approximate surface area is 85.9 Å². The standard InChI is InChI=1S/C7H17NO5Si/c1-6(11-2,12-3)7(14,13-4)8-5(9)10/h8H,1-4,14H3,(H,9,10). The molecule has 7 heteroatoms. The van der Waals surface area contributed by atoms with Gasteiger partial charge in [-0.05, 0) is 6.92 Å². The fourth-order valence-corrected chi connectivity index (χ4v) is 1.65. The number of carbonyl (C=O) groups is 1. The third kappa shape index (κ3) is 2.44. The maximum absolute atomic E-state index is 10.6. The van der Waals surface area contributed by atoms with Gasteiger partial charge < -0.3 is 19.3 Å². The normalized spacial score (nSPS) is 16.3. The summed E-state index contributed by atoms with van der Waals surface area (Å²) in [6.45, 7) is 1.61. The third-order valence-corrected chi connectivity index (χ3v) is 3.97. The molecule has 0 aliphatic heterocycles. The van der Waals surface area contributed by atoms with Crippen LogP contribution < -0.4 is 5.32 Å². The van der Waals surface area contributed by atoms with Crippen LogP contribution in [0.3, 0.4) is 0 Å². The maximum atomic E-state index is 10.6. The van der Waals surface area contributed by atoms with Gasteiger partial charge in [-0.2, -0.15) is 0 Å². The zero-order chi connectivity index (χ0) is 11.4. The molecule has 0 aliphatic carbocycles. The van der Waals surface area contributed by atoms with E-state index in [-0.39, 0.29) is 0 Å². The number of nitrogens with one attached hydrogen (secondary N) is 1. The van der Waals surface area contributed by atoms with E-state index in [1.807, 2.05) is 0 Å². The molecule has 0 aromatic rings. The second kappa shape index (κ2) is 4.74. The lowest BCUT2D eigenvalue weighted by atomic mass is 10.2. The van der Waals surface area contributed by atoms with E-state index in [1.165, 1.54) is 21.3 Å². The summed E-state index contributed by atoms with van der Waals surface area (Å²) in [5.41, 5.74) is 0. The molecule has 0 saturated heterocycles. The highest BCUT2D eigenvalue weighted by molar-refractivity contribution is 6.16. The molecule has 1 amide bonds. The van der Waals surface area contributed by atoms with Gasteiger partial charge in [-0.25, -0.2) is 4.79 Å². The molecule has 0 fully saturated rings. The maximum Gasteiger partial charge on any atom is 0.406 e. The fourth-order valence-electron chi connectivity index (χ4n) is 1.03. The molecule has 0 heterocycles. The van der Waals surface area contributed by atoms with E-state index in [1.54, 1.807) is 6.92 Å². The van der Waals surface area contributed by atoms with Crippen molar-refractivity contribution in [3.05, 3.63) is 0 Å². The summed E-state index contributed by atoms with van der Waals surface area (Å²) in [7, 11) is 4.64. The van der Waals surface area contributed by atoms with Crippen molar-refractivity contribution in [2.24, 2.45) is 0 Å². The van der Waals surface area contributed by atoms with Crippen LogP contribution in [0.1, 0.15) is 6.92 Å². The molecule has 1 unspecified atom stereocenters. The van der Waals surface area contributed by atoms with Crippen LogP contribution in [0.4, 0.5) is 4.79 Å². The van der Waals surface area contributed by atoms with Gasteiger partial charge >= 0.3 is 6.09 Å². The zero-order valence-electron chi connectivity index (χ0n) is 9.08. The first-order valence-electron chi connectivity index (χ1n) is 4.01. The van der Waals surface area contributed by atoms with E-state index < -0.39 is 17.2 Å². The first kappa shape index (κ1) is 13.4. The van der Waals surface area contributed by atoms with Gasteiger partial charge in [0.1, 0.15) is 0 Å². The Morgan fingerprint density at radius 2 is 1.71 bits per heavy atom. The summed E-state index contributed by atoms with van der Waals surface area (Å²) in [5, 5.41) is 9.77. The Bertz CT molecular complexity index is 208. The predicted octanol–water partition coefficient (Wildman–Crippen LogP) is -1.07. The smallest absolute Gasteiger partial charge is 0.406 e. The minimum atomic E-state index is -1.18. The highest BCUT2D eigenvalue weighted by Gasteiger charge is 2.47. The molecule has 0 aliphatic rings. The van der Waals surface area contributed by atoms with Gasteiger partial charge in [0, 0.05) is 21.3 Å². The number of hydrogen-bond acceptors (Lipinski definition) is 4. The summed E-state index contributed by atoms with van der Waals surface area (Å²) in [5.74, 6) is -1.13. The van der Waals surface area contributed by atoms with Crippen molar-refractivity contribution < 1.29 is 24.1 Å². The number of ether oxygens (including phenoxy) is 3. The molecular weight excluding hydrogens is 206 g/mol. The Morgan fingerprint density at radius 3 is 1.93 bits per heavy atom. The Morgan fingerprint density at radius 1 is 1.29 bits per heavy atom. The number of hydrogen-bond donors (Lipinski definition) is 2. The van der Waals surface area contributed by atoms with Crippen LogP contribution in [0, 0.1) is 0 Å². The first-order valence-corrected chi connectivity index (χ1v) is 5.01. The van der Waals surface area contributed by atoms with Gasteiger partial charge in [-0.15, -0.1) is 0 Å². The van der Waals surface area contributed by atoms with Gasteiger partial charge in [-0.1, -0.05) is 0 Å². The molecule has 0 spiro atoms. The van der Waals surface area contributed by atoms with Crippen LogP contribution in [0.15, 0.2) is 0 Å². The fraction of sp³-hybridized carbons (Fsp3) is 0.857. The van der Waals surface area contributed by atoms with Crippen LogP contribution in [0.5, 0.6) is 0 Å². The topological polar surface area (TPSA) is 77.0 Å². The monoisotopic (exact) mass is 223 g/mol. The second-order valence-electron chi connectivity index (χ2n) is 3.02. The largest absolute Gasteiger partial charge is 0.465 e. The van der Waals surface area contributed by atoms with Gasteiger partial charge in [-0.3, -0.25) is 5.32 Å². The molecule has 84 valence electrons. The van der Waals surface area contributed by atoms with Crippen molar-refractivity contribution in [1.29, 1.82) is 0 Å². The molecule has 0 saturated carbocycles. The van der Waals surface area contributed by atoms with Crippen LogP contribution in [0.25, 0.3) is 0 Å². The summed E-state index contributed by atoms with van der Waals surface area (Å²) in [6, 6.07) is 0. The van der Waals surface area contributed by atoms with E-state index in [9.17, 15) is 4.79 Å². The lowest BCUT2D eigenvalue weighted by Crippen LogP contribution is -2.66. The summed E-state index contributed by atoms with van der Waals surface area (Å²) in [4.78, 5) is 10.6. The Balaban J connectivity index is 4.89. The van der Waals surface area contributed by atoms with Crippen LogP contribution in [-0.2, 0) is 14.2 Å². The van der Waals surface area contributed by atoms with Gasteiger partial charge in [0.2, 0.25) is 5.79 Å². The molecular formula is C7H17NO5Si. The molecule has 0 aromatic heterocycles. The van der Waals surface area contributed by atoms with Gasteiger partial charge in [0.05, 0.1) is 10.2 Å². The lowest BCUT2D eigenvalue weighted by Gasteiger charge is -2.42. The highest BCUT2D eigenvalue weighted by Crippen LogP contribution is 2.24. The lowest BCUT2D eigenvalue weighted by molar-refractivity contribution is -0.275. The van der Waals surface area contributed by atoms with Crippen molar-refractivity contribution in [2.75, 3.05) is 21.3 Å². The molecule has 6 nitrogen and oxygen atoms in total. The molecule has 1 atom stereocenters. The van der Waals surface area contributed by atoms with E-state index in [0.717, 1.165) is 0 Å². The van der Waals surface area contributed by atoms with Crippen molar-refractivity contribution in [3.63, 3.8) is 0 Å². The Kier molecular flexibility index (Phi) is 4.52. The molecule has 2 N–H and O–H groups in total. The predicted molar refractivity (Wildman–Crippen MR) is 53.3 cm³/mol. The molecule has 0 rings (SSSR count). The van der Waals surface area contributed by atoms with Crippen molar-refractivity contribution in [2.45, 2.75) is 18.1 Å². The SMILES string of the molecule is COC([SiH3])(NC(=O)O)C(C)(OC)OC. The average molecular weight is 223 g/mol. The molecule has 14 heavy (non-hydrogen) atoms. The summed E-state index contributed by atoms with van der Waals surface area (Å²) >= 11 is 0. The van der Waals surface area contributed by atoms with Gasteiger partial charge in [0.25, 0.3) is 0 Å². The molecule has 0 aromatic carbocycles.